The third-order valence-corrected chi connectivity index (χ3v) is 3.75. The molecule has 0 unspecified atom stereocenters. The van der Waals surface area contributed by atoms with Crippen molar-refractivity contribution in [3.05, 3.63) is 33.6 Å². The maximum Gasteiger partial charge on any atom is 0.173 e. The molecule has 0 aliphatic rings. The highest BCUT2D eigenvalue weighted by atomic mass is 32.1. The summed E-state index contributed by atoms with van der Waals surface area (Å²) in [6.07, 6.45) is 1.90. The summed E-state index contributed by atoms with van der Waals surface area (Å²) in [5.41, 5.74) is 1.85. The molecule has 2 rings (SSSR count). The Morgan fingerprint density at radius 2 is 2.20 bits per heavy atom. The van der Waals surface area contributed by atoms with Crippen molar-refractivity contribution in [3.8, 4) is 5.06 Å². The lowest BCUT2D eigenvalue weighted by molar-refractivity contribution is 0.427. The van der Waals surface area contributed by atoms with Crippen molar-refractivity contribution in [2.75, 3.05) is 7.11 Å². The monoisotopic (exact) mass is 240 g/mol. The molecule has 15 heavy (non-hydrogen) atoms. The third-order valence-electron chi connectivity index (χ3n) is 1.92. The van der Waals surface area contributed by atoms with Crippen LogP contribution >= 0.6 is 22.7 Å². The number of thiazole rings is 1. The molecular weight excluding hydrogens is 228 g/mol. The van der Waals surface area contributed by atoms with Crippen molar-refractivity contribution < 1.29 is 4.74 Å². The first-order valence-corrected chi connectivity index (χ1v) is 6.29. The van der Waals surface area contributed by atoms with Crippen LogP contribution in [0.25, 0.3) is 0 Å². The van der Waals surface area contributed by atoms with Gasteiger partial charge in [0.15, 0.2) is 5.06 Å². The van der Waals surface area contributed by atoms with Crippen LogP contribution in [0.1, 0.15) is 9.75 Å². The number of rotatable bonds is 5. The highest BCUT2D eigenvalue weighted by molar-refractivity contribution is 7.13. The van der Waals surface area contributed by atoms with Gasteiger partial charge in [0.1, 0.15) is 0 Å². The van der Waals surface area contributed by atoms with Gasteiger partial charge in [-0.3, -0.25) is 4.98 Å². The van der Waals surface area contributed by atoms with E-state index in [2.05, 4.69) is 16.4 Å². The minimum Gasteiger partial charge on any atom is -0.487 e. The summed E-state index contributed by atoms with van der Waals surface area (Å²) in [5, 5.41) is 4.33. The van der Waals surface area contributed by atoms with Gasteiger partial charge < -0.3 is 10.1 Å². The fraction of sp³-hybridized carbons (Fsp3) is 0.300. The van der Waals surface area contributed by atoms with E-state index >= 15 is 0 Å². The van der Waals surface area contributed by atoms with E-state index in [0.717, 1.165) is 18.2 Å². The van der Waals surface area contributed by atoms with E-state index in [1.54, 1.807) is 29.8 Å². The summed E-state index contributed by atoms with van der Waals surface area (Å²) in [7, 11) is 1.69. The number of hydrogen-bond acceptors (Lipinski definition) is 5. The van der Waals surface area contributed by atoms with Crippen LogP contribution in [0.5, 0.6) is 5.06 Å². The normalized spacial score (nSPS) is 10.5. The molecule has 1 N–H and O–H groups in total. The van der Waals surface area contributed by atoms with E-state index in [-0.39, 0.29) is 0 Å². The summed E-state index contributed by atoms with van der Waals surface area (Å²) in [6.45, 7) is 1.76. The van der Waals surface area contributed by atoms with Crippen LogP contribution in [0.15, 0.2) is 23.8 Å². The van der Waals surface area contributed by atoms with Gasteiger partial charge in [-0.15, -0.1) is 22.7 Å². The van der Waals surface area contributed by atoms with Crippen molar-refractivity contribution in [2.45, 2.75) is 13.1 Å². The van der Waals surface area contributed by atoms with Gasteiger partial charge in [0.2, 0.25) is 0 Å². The molecule has 2 aromatic heterocycles. The summed E-state index contributed by atoms with van der Waals surface area (Å²) >= 11 is 3.35. The predicted molar refractivity (Wildman–Crippen MR) is 63.5 cm³/mol. The fourth-order valence-corrected chi connectivity index (χ4v) is 2.55. The highest BCUT2D eigenvalue weighted by Gasteiger charge is 1.99. The van der Waals surface area contributed by atoms with E-state index in [4.69, 9.17) is 4.74 Å². The first kappa shape index (κ1) is 10.6. The average molecular weight is 240 g/mol. The van der Waals surface area contributed by atoms with Crippen LogP contribution in [-0.4, -0.2) is 12.1 Å². The Labute approximate surface area is 96.7 Å². The molecule has 80 valence electrons. The zero-order valence-corrected chi connectivity index (χ0v) is 10.0. The second-order valence-corrected chi connectivity index (χ2v) is 5.10. The molecule has 0 aromatic carbocycles. The summed E-state index contributed by atoms with van der Waals surface area (Å²) in [4.78, 5) is 6.58. The average Bonchev–Trinajstić information content (AvgIpc) is 2.88. The van der Waals surface area contributed by atoms with Crippen LogP contribution in [0.2, 0.25) is 0 Å². The van der Waals surface area contributed by atoms with Gasteiger partial charge in [0.05, 0.1) is 12.6 Å². The van der Waals surface area contributed by atoms with Gasteiger partial charge in [0, 0.05) is 29.0 Å². The number of methoxy groups -OCH3 is 1. The molecule has 5 heteroatoms. The number of ether oxygens (including phenoxy) is 1. The molecule has 2 heterocycles. The Hall–Kier alpha value is -0.910. The minimum atomic E-state index is 0.880. The van der Waals surface area contributed by atoms with Gasteiger partial charge >= 0.3 is 0 Å². The van der Waals surface area contributed by atoms with Crippen molar-refractivity contribution in [3.63, 3.8) is 0 Å². The Morgan fingerprint density at radius 3 is 2.87 bits per heavy atom. The number of nitrogens with zero attached hydrogens (tertiary/aromatic N) is 1. The lowest BCUT2D eigenvalue weighted by Gasteiger charge is -1.99. The second kappa shape index (κ2) is 5.25. The molecule has 0 radical (unpaired) electrons. The van der Waals surface area contributed by atoms with E-state index in [0.29, 0.717) is 0 Å². The van der Waals surface area contributed by atoms with E-state index < -0.39 is 0 Å². The van der Waals surface area contributed by atoms with Crippen LogP contribution in [-0.2, 0) is 13.1 Å². The van der Waals surface area contributed by atoms with E-state index in [1.165, 1.54) is 9.75 Å². The van der Waals surface area contributed by atoms with Crippen molar-refractivity contribution in [1.29, 1.82) is 0 Å². The highest BCUT2D eigenvalue weighted by Crippen LogP contribution is 2.23. The molecule has 0 saturated carbocycles. The SMILES string of the molecule is COc1ccc(CNCc2cncs2)s1. The van der Waals surface area contributed by atoms with Crippen LogP contribution in [0.3, 0.4) is 0 Å². The van der Waals surface area contributed by atoms with E-state index in [1.807, 2.05) is 17.8 Å². The molecular formula is C10H12N2OS2. The van der Waals surface area contributed by atoms with Crippen LogP contribution in [0.4, 0.5) is 0 Å². The molecule has 0 spiro atoms. The standard InChI is InChI=1S/C10H12N2OS2/c1-13-10-3-2-8(15-10)4-11-5-9-6-12-7-14-9/h2-3,6-7,11H,4-5H2,1H3. The summed E-state index contributed by atoms with van der Waals surface area (Å²) in [5.74, 6) is 0. The molecule has 0 aliphatic carbocycles. The molecule has 2 aromatic rings. The maximum atomic E-state index is 5.13. The summed E-state index contributed by atoms with van der Waals surface area (Å²) in [6, 6.07) is 4.08. The molecule has 0 bridgehead atoms. The zero-order chi connectivity index (χ0) is 10.5. The van der Waals surface area contributed by atoms with Crippen LogP contribution in [0, 0.1) is 0 Å². The predicted octanol–water partition coefficient (Wildman–Crippen LogP) is 2.50. The first-order valence-electron chi connectivity index (χ1n) is 4.59. The molecule has 0 saturated heterocycles. The van der Waals surface area contributed by atoms with Gasteiger partial charge in [-0.25, -0.2) is 0 Å². The lowest BCUT2D eigenvalue weighted by atomic mass is 10.4. The smallest absolute Gasteiger partial charge is 0.173 e. The van der Waals surface area contributed by atoms with Gasteiger partial charge in [-0.1, -0.05) is 0 Å². The second-order valence-electron chi connectivity index (χ2n) is 3.00. The molecule has 3 nitrogen and oxygen atoms in total. The van der Waals surface area contributed by atoms with Crippen molar-refractivity contribution in [1.82, 2.24) is 10.3 Å². The first-order chi connectivity index (χ1) is 7.38. The van der Waals surface area contributed by atoms with Crippen LogP contribution < -0.4 is 10.1 Å². The molecule has 0 fully saturated rings. The van der Waals surface area contributed by atoms with E-state index in [9.17, 15) is 0 Å². The number of nitrogens with one attached hydrogen (secondary N) is 1. The Kier molecular flexibility index (Phi) is 3.71. The Balaban J connectivity index is 1.78. The largest absolute Gasteiger partial charge is 0.487 e. The molecule has 0 atom stereocenters. The Morgan fingerprint density at radius 1 is 1.33 bits per heavy atom. The third kappa shape index (κ3) is 3.02. The van der Waals surface area contributed by atoms with Crippen molar-refractivity contribution >= 4 is 22.7 Å². The van der Waals surface area contributed by atoms with Crippen molar-refractivity contribution in [2.24, 2.45) is 0 Å². The minimum absolute atomic E-state index is 0.880. The van der Waals surface area contributed by atoms with Gasteiger partial charge in [0.25, 0.3) is 0 Å². The number of aromatic nitrogens is 1. The van der Waals surface area contributed by atoms with Gasteiger partial charge in [-0.2, -0.15) is 0 Å². The quantitative estimate of drug-likeness (QED) is 0.872. The zero-order valence-electron chi connectivity index (χ0n) is 8.40. The Bertz CT molecular complexity index is 397. The van der Waals surface area contributed by atoms with Gasteiger partial charge in [-0.05, 0) is 12.1 Å². The number of hydrogen-bond donors (Lipinski definition) is 1. The maximum absolute atomic E-state index is 5.13. The molecule has 0 aliphatic heterocycles. The summed E-state index contributed by atoms with van der Waals surface area (Å²) < 4.78 is 5.13. The fourth-order valence-electron chi connectivity index (χ4n) is 1.20. The number of thiophene rings is 1. The topological polar surface area (TPSA) is 34.1 Å². The lowest BCUT2D eigenvalue weighted by Crippen LogP contribution is -2.10. The molecule has 0 amide bonds.